The molecule has 0 N–H and O–H groups in total. The first-order valence-corrected chi connectivity index (χ1v) is 9.27. The van der Waals surface area contributed by atoms with Crippen LogP contribution in [0.25, 0.3) is 0 Å². The van der Waals surface area contributed by atoms with Gasteiger partial charge < -0.3 is 9.64 Å². The number of hydrogen-bond acceptors (Lipinski definition) is 5. The van der Waals surface area contributed by atoms with Gasteiger partial charge in [0.1, 0.15) is 5.75 Å². The molecule has 0 spiro atoms. The van der Waals surface area contributed by atoms with Gasteiger partial charge in [-0.05, 0) is 42.3 Å². The lowest BCUT2D eigenvalue weighted by Crippen LogP contribution is -2.14. The van der Waals surface area contributed by atoms with E-state index in [9.17, 15) is 0 Å². The first kappa shape index (κ1) is 16.0. The largest absolute Gasteiger partial charge is 0.497 e. The Balaban J connectivity index is 1.52. The highest BCUT2D eigenvalue weighted by atomic mass is 32.2. The van der Waals surface area contributed by atoms with Crippen LogP contribution >= 0.6 is 11.8 Å². The third-order valence-corrected chi connectivity index (χ3v) is 5.50. The number of methoxy groups -OCH3 is 1. The third-order valence-electron chi connectivity index (χ3n) is 4.49. The quantitative estimate of drug-likeness (QED) is 0.649. The third kappa shape index (κ3) is 3.09. The van der Waals surface area contributed by atoms with Crippen LogP contribution in [0.5, 0.6) is 5.75 Å². The van der Waals surface area contributed by atoms with Crippen LogP contribution in [0, 0.1) is 6.92 Å². The molecule has 0 radical (unpaired) electrons. The predicted octanol–water partition coefficient (Wildman–Crippen LogP) is 4.04. The number of ether oxygens (including phenoxy) is 1. The first-order chi connectivity index (χ1) is 12.3. The summed E-state index contributed by atoms with van der Waals surface area (Å²) in [7, 11) is 1.68. The van der Waals surface area contributed by atoms with Crippen LogP contribution in [0.3, 0.4) is 0 Å². The highest BCUT2D eigenvalue weighted by Crippen LogP contribution is 2.33. The number of aromatic nitrogens is 3. The van der Waals surface area contributed by atoms with Crippen molar-refractivity contribution in [3.05, 3.63) is 59.7 Å². The van der Waals surface area contributed by atoms with Gasteiger partial charge in [-0.25, -0.2) is 0 Å². The molecule has 2 aromatic carbocycles. The van der Waals surface area contributed by atoms with Crippen molar-refractivity contribution in [1.29, 1.82) is 0 Å². The molecule has 0 saturated carbocycles. The molecule has 25 heavy (non-hydrogen) atoms. The van der Waals surface area contributed by atoms with Gasteiger partial charge in [0.05, 0.1) is 7.11 Å². The van der Waals surface area contributed by atoms with Gasteiger partial charge in [0.25, 0.3) is 0 Å². The lowest BCUT2D eigenvalue weighted by Gasteiger charge is -2.15. The van der Waals surface area contributed by atoms with Gasteiger partial charge in [-0.1, -0.05) is 36.0 Å². The molecule has 0 fully saturated rings. The monoisotopic (exact) mass is 352 g/mol. The highest BCUT2D eigenvalue weighted by Gasteiger charge is 2.26. The summed E-state index contributed by atoms with van der Waals surface area (Å²) in [4.78, 5) is 2.20. The van der Waals surface area contributed by atoms with E-state index in [2.05, 4.69) is 63.0 Å². The average molecular weight is 352 g/mol. The Hall–Kier alpha value is -2.47. The molecule has 0 bridgehead atoms. The Morgan fingerprint density at radius 3 is 2.60 bits per heavy atom. The number of anilines is 2. The zero-order valence-electron chi connectivity index (χ0n) is 14.3. The minimum atomic E-state index is 0.860. The summed E-state index contributed by atoms with van der Waals surface area (Å²) >= 11 is 1.75. The van der Waals surface area contributed by atoms with E-state index >= 15 is 0 Å². The molecule has 1 aliphatic rings. The van der Waals surface area contributed by atoms with Crippen LogP contribution in [0.15, 0.2) is 53.7 Å². The summed E-state index contributed by atoms with van der Waals surface area (Å²) in [5, 5.41) is 9.80. The molecule has 0 atom stereocenters. The van der Waals surface area contributed by atoms with Gasteiger partial charge in [0, 0.05) is 24.5 Å². The first-order valence-electron chi connectivity index (χ1n) is 8.28. The fraction of sp³-hybridized carbons (Fsp3) is 0.263. The Morgan fingerprint density at radius 2 is 1.84 bits per heavy atom. The van der Waals surface area contributed by atoms with Gasteiger partial charge in [-0.2, -0.15) is 0 Å². The van der Waals surface area contributed by atoms with Crippen molar-refractivity contribution in [2.75, 3.05) is 18.6 Å². The number of hydrogen-bond donors (Lipinski definition) is 0. The summed E-state index contributed by atoms with van der Waals surface area (Å²) in [6, 6.07) is 16.5. The Kier molecular flexibility index (Phi) is 4.36. The zero-order valence-corrected chi connectivity index (χ0v) is 15.2. The van der Waals surface area contributed by atoms with E-state index in [1.165, 1.54) is 11.1 Å². The van der Waals surface area contributed by atoms with Gasteiger partial charge in [0.2, 0.25) is 5.95 Å². The molecule has 5 nitrogen and oxygen atoms in total. The number of nitrogens with zero attached hydrogens (tertiary/aromatic N) is 4. The van der Waals surface area contributed by atoms with E-state index in [1.54, 1.807) is 18.9 Å². The molecule has 1 aromatic heterocycles. The van der Waals surface area contributed by atoms with E-state index in [0.717, 1.165) is 41.4 Å². The van der Waals surface area contributed by atoms with Crippen LogP contribution in [0.2, 0.25) is 0 Å². The molecule has 0 unspecified atom stereocenters. The molecule has 1 aliphatic heterocycles. The maximum Gasteiger partial charge on any atom is 0.232 e. The van der Waals surface area contributed by atoms with Crippen LogP contribution in [-0.4, -0.2) is 28.4 Å². The lowest BCUT2D eigenvalue weighted by atomic mass is 10.1. The van der Waals surface area contributed by atoms with E-state index in [-0.39, 0.29) is 0 Å². The van der Waals surface area contributed by atoms with Crippen LogP contribution in [-0.2, 0) is 12.3 Å². The summed E-state index contributed by atoms with van der Waals surface area (Å²) < 4.78 is 7.44. The molecule has 128 valence electrons. The van der Waals surface area contributed by atoms with Crippen molar-refractivity contribution in [3.63, 3.8) is 0 Å². The van der Waals surface area contributed by atoms with Crippen molar-refractivity contribution in [1.82, 2.24) is 14.8 Å². The van der Waals surface area contributed by atoms with Crippen molar-refractivity contribution in [2.24, 2.45) is 0 Å². The van der Waals surface area contributed by atoms with E-state index in [4.69, 9.17) is 4.74 Å². The van der Waals surface area contributed by atoms with Crippen molar-refractivity contribution >= 4 is 23.4 Å². The minimum absolute atomic E-state index is 0.860. The SMILES string of the molecule is COc1ccc(N2CCn3c(SCc4ccccc4C)nnc32)cc1. The summed E-state index contributed by atoms with van der Waals surface area (Å²) in [6.07, 6.45) is 0. The number of fused-ring (bicyclic) bond motifs is 1. The maximum atomic E-state index is 5.23. The number of aryl methyl sites for hydroxylation is 1. The Bertz CT molecular complexity index is 875. The second-order valence-electron chi connectivity index (χ2n) is 6.00. The molecule has 0 aliphatic carbocycles. The number of benzene rings is 2. The summed E-state index contributed by atoms with van der Waals surface area (Å²) in [5.41, 5.74) is 3.77. The predicted molar refractivity (Wildman–Crippen MR) is 101 cm³/mol. The van der Waals surface area contributed by atoms with Gasteiger partial charge in [-0.15, -0.1) is 10.2 Å². The fourth-order valence-corrected chi connectivity index (χ4v) is 4.04. The minimum Gasteiger partial charge on any atom is -0.497 e. The van der Waals surface area contributed by atoms with Crippen molar-refractivity contribution in [3.8, 4) is 5.75 Å². The molecular weight excluding hydrogens is 332 g/mol. The topological polar surface area (TPSA) is 43.2 Å². The van der Waals surface area contributed by atoms with Crippen LogP contribution in [0.4, 0.5) is 11.6 Å². The van der Waals surface area contributed by atoms with E-state index in [1.807, 2.05) is 12.1 Å². The lowest BCUT2D eigenvalue weighted by molar-refractivity contribution is 0.415. The van der Waals surface area contributed by atoms with E-state index < -0.39 is 0 Å². The van der Waals surface area contributed by atoms with Crippen molar-refractivity contribution < 1.29 is 4.74 Å². The zero-order chi connectivity index (χ0) is 17.2. The Morgan fingerprint density at radius 1 is 1.04 bits per heavy atom. The molecule has 2 heterocycles. The van der Waals surface area contributed by atoms with Crippen molar-refractivity contribution in [2.45, 2.75) is 24.4 Å². The van der Waals surface area contributed by atoms with Gasteiger partial charge >= 0.3 is 0 Å². The summed E-state index contributed by atoms with van der Waals surface area (Å²) in [5.74, 6) is 2.68. The molecule has 4 rings (SSSR count). The highest BCUT2D eigenvalue weighted by molar-refractivity contribution is 7.98. The normalized spacial score (nSPS) is 13.1. The van der Waals surface area contributed by atoms with E-state index in [0.29, 0.717) is 0 Å². The second-order valence-corrected chi connectivity index (χ2v) is 6.94. The van der Waals surface area contributed by atoms with Crippen LogP contribution in [0.1, 0.15) is 11.1 Å². The smallest absolute Gasteiger partial charge is 0.232 e. The van der Waals surface area contributed by atoms with Crippen LogP contribution < -0.4 is 9.64 Å². The van der Waals surface area contributed by atoms with Gasteiger partial charge in [0.15, 0.2) is 5.16 Å². The summed E-state index contributed by atoms with van der Waals surface area (Å²) in [6.45, 7) is 3.97. The van der Waals surface area contributed by atoms with Gasteiger partial charge in [-0.3, -0.25) is 4.57 Å². The number of rotatable bonds is 5. The fourth-order valence-electron chi connectivity index (χ4n) is 3.00. The Labute approximate surface area is 151 Å². The molecular formula is C19H20N4OS. The standard InChI is InChI=1S/C19H20N4OS/c1-14-5-3-4-6-15(14)13-25-19-21-20-18-22(11-12-23(18)19)16-7-9-17(24-2)10-8-16/h3-10H,11-13H2,1-2H3. The molecule has 6 heteroatoms. The second kappa shape index (κ2) is 6.80. The molecule has 0 saturated heterocycles. The average Bonchev–Trinajstić information content (AvgIpc) is 3.23. The molecule has 3 aromatic rings. The molecule has 0 amide bonds. The maximum absolute atomic E-state index is 5.23. The number of thioether (sulfide) groups is 1.